The highest BCUT2D eigenvalue weighted by atomic mass is 32.1. The minimum absolute atomic E-state index is 0.00435. The molecule has 0 bridgehead atoms. The van der Waals surface area contributed by atoms with Crippen molar-refractivity contribution in [3.05, 3.63) is 23.8 Å². The van der Waals surface area contributed by atoms with E-state index >= 15 is 0 Å². The molecule has 0 aliphatic carbocycles. The Morgan fingerprint density at radius 1 is 0.900 bits per heavy atom. The minimum Gasteiger partial charge on any atom is -0.206 e. The molecule has 54 valence electrons. The molecule has 0 saturated heterocycles. The summed E-state index contributed by atoms with van der Waals surface area (Å²) in [5.41, 5.74) is 0. The molecule has 0 saturated carbocycles. The lowest BCUT2D eigenvalue weighted by Gasteiger charge is -1.96. The first-order chi connectivity index (χ1) is 4.61. The number of rotatable bonds is 0. The van der Waals surface area contributed by atoms with Crippen LogP contribution >= 0.6 is 25.3 Å². The van der Waals surface area contributed by atoms with Crippen molar-refractivity contribution in [2.75, 3.05) is 0 Å². The van der Waals surface area contributed by atoms with Gasteiger partial charge in [0, 0.05) is 9.79 Å². The van der Waals surface area contributed by atoms with E-state index in [1.807, 2.05) is 0 Å². The van der Waals surface area contributed by atoms with E-state index in [4.69, 9.17) is 0 Å². The van der Waals surface area contributed by atoms with Crippen molar-refractivity contribution < 1.29 is 8.78 Å². The second kappa shape index (κ2) is 2.80. The van der Waals surface area contributed by atoms with Crippen LogP contribution in [0, 0.1) is 11.6 Å². The van der Waals surface area contributed by atoms with Crippen molar-refractivity contribution >= 4 is 25.3 Å². The van der Waals surface area contributed by atoms with E-state index < -0.39 is 11.6 Å². The summed E-state index contributed by atoms with van der Waals surface area (Å²) >= 11 is 7.33. The van der Waals surface area contributed by atoms with Crippen LogP contribution in [0.4, 0.5) is 8.78 Å². The standard InChI is InChI=1S/C6H4F2S2/c7-3-1-5(9)4(8)2-6(3)10/h1-2,9-10H. The predicted octanol–water partition coefficient (Wildman–Crippen LogP) is 2.54. The molecule has 0 aliphatic rings. The van der Waals surface area contributed by atoms with Crippen LogP contribution in [0.2, 0.25) is 0 Å². The molecule has 0 aromatic heterocycles. The smallest absolute Gasteiger partial charge is 0.137 e. The zero-order valence-corrected chi connectivity index (χ0v) is 6.59. The van der Waals surface area contributed by atoms with Gasteiger partial charge in [-0.05, 0) is 12.1 Å². The fourth-order valence-electron chi connectivity index (χ4n) is 0.526. The third-order valence-corrected chi connectivity index (χ3v) is 1.70. The van der Waals surface area contributed by atoms with Gasteiger partial charge in [0.1, 0.15) is 11.6 Å². The molecule has 0 spiro atoms. The Morgan fingerprint density at radius 2 is 1.20 bits per heavy atom. The summed E-state index contributed by atoms with van der Waals surface area (Å²) < 4.78 is 24.9. The van der Waals surface area contributed by atoms with Crippen molar-refractivity contribution in [1.29, 1.82) is 0 Å². The lowest BCUT2D eigenvalue weighted by Crippen LogP contribution is -1.82. The zero-order chi connectivity index (χ0) is 7.72. The van der Waals surface area contributed by atoms with Crippen LogP contribution in [0.1, 0.15) is 0 Å². The lowest BCUT2D eigenvalue weighted by molar-refractivity contribution is 0.558. The molecule has 1 aromatic rings. The topological polar surface area (TPSA) is 0 Å². The summed E-state index contributed by atoms with van der Waals surface area (Å²) in [6.45, 7) is 0. The molecule has 0 amide bonds. The van der Waals surface area contributed by atoms with Crippen molar-refractivity contribution in [1.82, 2.24) is 0 Å². The van der Waals surface area contributed by atoms with Gasteiger partial charge in [-0.25, -0.2) is 8.78 Å². The molecule has 1 rings (SSSR count). The Balaban J connectivity index is 3.28. The van der Waals surface area contributed by atoms with Gasteiger partial charge in [-0.1, -0.05) is 0 Å². The molecule has 0 unspecified atom stereocenters. The third kappa shape index (κ3) is 1.44. The van der Waals surface area contributed by atoms with E-state index in [-0.39, 0.29) is 9.79 Å². The number of benzene rings is 1. The average molecular weight is 178 g/mol. The van der Waals surface area contributed by atoms with Gasteiger partial charge in [-0.3, -0.25) is 0 Å². The minimum atomic E-state index is -0.560. The number of halogens is 2. The Morgan fingerprint density at radius 3 is 1.50 bits per heavy atom. The third-order valence-electron chi connectivity index (χ3n) is 1.02. The van der Waals surface area contributed by atoms with Gasteiger partial charge in [0.2, 0.25) is 0 Å². The van der Waals surface area contributed by atoms with Crippen LogP contribution in [-0.4, -0.2) is 0 Å². The van der Waals surface area contributed by atoms with Crippen LogP contribution in [0.3, 0.4) is 0 Å². The largest absolute Gasteiger partial charge is 0.206 e. The van der Waals surface area contributed by atoms with Gasteiger partial charge in [-0.2, -0.15) is 0 Å². The maximum absolute atomic E-state index is 12.5. The van der Waals surface area contributed by atoms with Crippen LogP contribution in [0.15, 0.2) is 21.9 Å². The summed E-state index contributed by atoms with van der Waals surface area (Å²) in [6, 6.07) is 1.97. The van der Waals surface area contributed by atoms with Gasteiger partial charge < -0.3 is 0 Å². The molecule has 10 heavy (non-hydrogen) atoms. The highest BCUT2D eigenvalue weighted by Gasteiger charge is 2.03. The Hall–Kier alpha value is -0.220. The van der Waals surface area contributed by atoms with E-state index in [9.17, 15) is 8.78 Å². The van der Waals surface area contributed by atoms with E-state index in [1.54, 1.807) is 0 Å². The van der Waals surface area contributed by atoms with Crippen LogP contribution < -0.4 is 0 Å². The quantitative estimate of drug-likeness (QED) is 0.560. The predicted molar refractivity (Wildman–Crippen MR) is 40.9 cm³/mol. The number of hydrogen-bond acceptors (Lipinski definition) is 2. The zero-order valence-electron chi connectivity index (χ0n) is 4.81. The van der Waals surface area contributed by atoms with Crippen LogP contribution in [-0.2, 0) is 0 Å². The Labute approximate surface area is 68.1 Å². The normalized spacial score (nSPS) is 10.0. The van der Waals surface area contributed by atoms with E-state index in [2.05, 4.69) is 25.3 Å². The first kappa shape index (κ1) is 7.88. The monoisotopic (exact) mass is 178 g/mol. The summed E-state index contributed by atoms with van der Waals surface area (Å²) in [5, 5.41) is 0. The van der Waals surface area contributed by atoms with Crippen LogP contribution in [0.5, 0.6) is 0 Å². The fourth-order valence-corrected chi connectivity index (χ4v) is 0.882. The van der Waals surface area contributed by atoms with Crippen LogP contribution in [0.25, 0.3) is 0 Å². The van der Waals surface area contributed by atoms with Crippen molar-refractivity contribution in [2.45, 2.75) is 9.79 Å². The van der Waals surface area contributed by atoms with E-state index in [1.165, 1.54) is 0 Å². The van der Waals surface area contributed by atoms with Crippen molar-refractivity contribution in [3.8, 4) is 0 Å². The maximum Gasteiger partial charge on any atom is 0.137 e. The molecule has 0 N–H and O–H groups in total. The van der Waals surface area contributed by atoms with E-state index in [0.717, 1.165) is 12.1 Å². The molecular formula is C6H4F2S2. The second-order valence-electron chi connectivity index (χ2n) is 1.76. The highest BCUT2D eigenvalue weighted by Crippen LogP contribution is 2.19. The maximum atomic E-state index is 12.5. The summed E-state index contributed by atoms with van der Waals surface area (Å²) in [7, 11) is 0. The van der Waals surface area contributed by atoms with E-state index in [0.29, 0.717) is 0 Å². The summed E-state index contributed by atoms with van der Waals surface area (Å²) in [4.78, 5) is -0.00870. The van der Waals surface area contributed by atoms with Gasteiger partial charge in [0.25, 0.3) is 0 Å². The second-order valence-corrected chi connectivity index (χ2v) is 2.72. The molecular weight excluding hydrogens is 174 g/mol. The summed E-state index contributed by atoms with van der Waals surface area (Å²) in [6.07, 6.45) is 0. The fraction of sp³-hybridized carbons (Fsp3) is 0. The first-order valence-electron chi connectivity index (χ1n) is 2.48. The number of thiol groups is 2. The molecule has 4 heteroatoms. The molecule has 0 fully saturated rings. The first-order valence-corrected chi connectivity index (χ1v) is 3.37. The Bertz CT molecular complexity index is 210. The van der Waals surface area contributed by atoms with Gasteiger partial charge >= 0.3 is 0 Å². The molecule has 0 nitrogen and oxygen atoms in total. The SMILES string of the molecule is Fc1cc(S)c(F)cc1S. The molecule has 1 aromatic carbocycles. The lowest BCUT2D eigenvalue weighted by atomic mass is 10.3. The Kier molecular flexibility index (Phi) is 2.21. The van der Waals surface area contributed by atoms with Gasteiger partial charge in [-0.15, -0.1) is 25.3 Å². The molecule has 0 radical (unpaired) electrons. The van der Waals surface area contributed by atoms with Gasteiger partial charge in [0.15, 0.2) is 0 Å². The molecule has 0 heterocycles. The average Bonchev–Trinajstić information content (AvgIpc) is 1.84. The summed E-state index contributed by atoms with van der Waals surface area (Å²) in [5.74, 6) is -1.12. The van der Waals surface area contributed by atoms with Gasteiger partial charge in [0.05, 0.1) is 0 Å². The molecule has 0 atom stereocenters. The van der Waals surface area contributed by atoms with Crippen molar-refractivity contribution in [3.63, 3.8) is 0 Å². The highest BCUT2D eigenvalue weighted by molar-refractivity contribution is 7.80. The molecule has 0 aliphatic heterocycles. The number of hydrogen-bond donors (Lipinski definition) is 2. The van der Waals surface area contributed by atoms with Crippen molar-refractivity contribution in [2.24, 2.45) is 0 Å².